The van der Waals surface area contributed by atoms with Gasteiger partial charge in [-0.1, -0.05) is 45.0 Å². The lowest BCUT2D eigenvalue weighted by Gasteiger charge is -2.11. The van der Waals surface area contributed by atoms with Gasteiger partial charge in [-0.3, -0.25) is 0 Å². The first kappa shape index (κ1) is 18.0. The Kier molecular flexibility index (Phi) is 6.36. The van der Waals surface area contributed by atoms with E-state index in [1.165, 1.54) is 0 Å². The summed E-state index contributed by atoms with van der Waals surface area (Å²) in [4.78, 5) is 11.6. The molecule has 0 aromatic heterocycles. The van der Waals surface area contributed by atoms with Crippen molar-refractivity contribution in [1.82, 2.24) is 0 Å². The standard InChI is InChI=1S/C20H23FO3/c1-4-13-23-17-9-5-15(6-10-17)16-7-11-18(12-8-16)24-20(22)19(21)14(2)3/h5-12,14,19H,4,13H2,1-3H3. The first-order chi connectivity index (χ1) is 11.5. The highest BCUT2D eigenvalue weighted by atomic mass is 19.1. The minimum absolute atomic E-state index is 0.343. The number of esters is 1. The molecular formula is C20H23FO3. The van der Waals surface area contributed by atoms with Crippen LogP contribution in [0.15, 0.2) is 48.5 Å². The Morgan fingerprint density at radius 1 is 0.958 bits per heavy atom. The van der Waals surface area contributed by atoms with E-state index >= 15 is 0 Å². The number of benzene rings is 2. The third-order valence-electron chi connectivity index (χ3n) is 3.54. The predicted molar refractivity (Wildman–Crippen MR) is 93.0 cm³/mol. The maximum atomic E-state index is 13.6. The van der Waals surface area contributed by atoms with Crippen molar-refractivity contribution >= 4 is 5.97 Å². The molecule has 0 saturated carbocycles. The third-order valence-corrected chi connectivity index (χ3v) is 3.54. The van der Waals surface area contributed by atoms with Crippen molar-refractivity contribution in [3.63, 3.8) is 0 Å². The zero-order valence-electron chi connectivity index (χ0n) is 14.3. The van der Waals surface area contributed by atoms with Gasteiger partial charge >= 0.3 is 5.97 Å². The molecule has 0 aliphatic rings. The van der Waals surface area contributed by atoms with E-state index in [1.807, 2.05) is 36.4 Å². The van der Waals surface area contributed by atoms with Gasteiger partial charge in [0, 0.05) is 0 Å². The molecule has 4 heteroatoms. The summed E-state index contributed by atoms with van der Waals surface area (Å²) >= 11 is 0. The van der Waals surface area contributed by atoms with Gasteiger partial charge in [0.1, 0.15) is 11.5 Å². The van der Waals surface area contributed by atoms with Gasteiger partial charge < -0.3 is 9.47 Å². The molecule has 0 spiro atoms. The molecule has 24 heavy (non-hydrogen) atoms. The van der Waals surface area contributed by atoms with Crippen molar-refractivity contribution in [2.75, 3.05) is 6.61 Å². The van der Waals surface area contributed by atoms with E-state index < -0.39 is 18.1 Å². The highest BCUT2D eigenvalue weighted by Crippen LogP contribution is 2.25. The molecule has 0 bridgehead atoms. The fraction of sp³-hybridized carbons (Fsp3) is 0.350. The quantitative estimate of drug-likeness (QED) is 0.527. The molecule has 0 N–H and O–H groups in total. The van der Waals surface area contributed by atoms with Crippen molar-refractivity contribution in [3.05, 3.63) is 48.5 Å². The molecular weight excluding hydrogens is 307 g/mol. The van der Waals surface area contributed by atoms with Crippen molar-refractivity contribution < 1.29 is 18.7 Å². The summed E-state index contributed by atoms with van der Waals surface area (Å²) in [6, 6.07) is 14.8. The van der Waals surface area contributed by atoms with Gasteiger partial charge in [0.25, 0.3) is 0 Å². The van der Waals surface area contributed by atoms with Gasteiger partial charge in [-0.25, -0.2) is 9.18 Å². The van der Waals surface area contributed by atoms with E-state index in [-0.39, 0.29) is 0 Å². The zero-order valence-corrected chi connectivity index (χ0v) is 14.3. The summed E-state index contributed by atoms with van der Waals surface area (Å²) in [5.41, 5.74) is 2.01. The van der Waals surface area contributed by atoms with Crippen LogP contribution in [-0.2, 0) is 4.79 Å². The number of rotatable bonds is 7. The molecule has 1 atom stereocenters. The second kappa shape index (κ2) is 8.48. The molecule has 128 valence electrons. The van der Waals surface area contributed by atoms with Crippen LogP contribution in [0.4, 0.5) is 4.39 Å². The molecule has 0 heterocycles. The smallest absolute Gasteiger partial charge is 0.346 e. The van der Waals surface area contributed by atoms with Crippen molar-refractivity contribution in [2.45, 2.75) is 33.4 Å². The Morgan fingerprint density at radius 2 is 1.46 bits per heavy atom. The van der Waals surface area contributed by atoms with Crippen LogP contribution >= 0.6 is 0 Å². The van der Waals surface area contributed by atoms with Gasteiger partial charge in [-0.2, -0.15) is 0 Å². The van der Waals surface area contributed by atoms with Crippen LogP contribution < -0.4 is 9.47 Å². The minimum Gasteiger partial charge on any atom is -0.494 e. The van der Waals surface area contributed by atoms with Crippen LogP contribution in [0.1, 0.15) is 27.2 Å². The van der Waals surface area contributed by atoms with E-state index in [1.54, 1.807) is 26.0 Å². The molecule has 0 aliphatic heterocycles. The first-order valence-electron chi connectivity index (χ1n) is 8.20. The molecule has 2 aromatic rings. The fourth-order valence-electron chi connectivity index (χ4n) is 2.12. The maximum absolute atomic E-state index is 13.6. The second-order valence-electron chi connectivity index (χ2n) is 5.96. The largest absolute Gasteiger partial charge is 0.494 e. The van der Waals surface area contributed by atoms with E-state index in [0.717, 1.165) is 23.3 Å². The zero-order chi connectivity index (χ0) is 17.5. The van der Waals surface area contributed by atoms with Crippen LogP contribution in [0.25, 0.3) is 11.1 Å². The summed E-state index contributed by atoms with van der Waals surface area (Å²) in [5.74, 6) is -0.0656. The van der Waals surface area contributed by atoms with Gasteiger partial charge in [-0.05, 0) is 47.7 Å². The Labute approximate surface area is 142 Å². The Morgan fingerprint density at radius 3 is 1.92 bits per heavy atom. The number of carbonyl (C=O) groups excluding carboxylic acids is 1. The molecule has 0 saturated heterocycles. The summed E-state index contributed by atoms with van der Waals surface area (Å²) in [7, 11) is 0. The molecule has 0 amide bonds. The molecule has 3 nitrogen and oxygen atoms in total. The number of carbonyl (C=O) groups is 1. The lowest BCUT2D eigenvalue weighted by Crippen LogP contribution is -2.26. The summed E-state index contributed by atoms with van der Waals surface area (Å²) in [6.07, 6.45) is -0.640. The fourth-order valence-corrected chi connectivity index (χ4v) is 2.12. The molecule has 2 rings (SSSR count). The summed E-state index contributed by atoms with van der Waals surface area (Å²) < 4.78 is 24.2. The molecule has 0 aliphatic carbocycles. The van der Waals surface area contributed by atoms with Crippen molar-refractivity contribution in [3.8, 4) is 22.6 Å². The Hall–Kier alpha value is -2.36. The second-order valence-corrected chi connectivity index (χ2v) is 5.96. The minimum atomic E-state index is -1.61. The number of hydrogen-bond acceptors (Lipinski definition) is 3. The van der Waals surface area contributed by atoms with Crippen molar-refractivity contribution in [1.29, 1.82) is 0 Å². The van der Waals surface area contributed by atoms with Crippen LogP contribution in [-0.4, -0.2) is 18.7 Å². The SMILES string of the molecule is CCCOc1ccc(-c2ccc(OC(=O)C(F)C(C)C)cc2)cc1. The average molecular weight is 330 g/mol. The number of hydrogen-bond donors (Lipinski definition) is 0. The van der Waals surface area contributed by atoms with Crippen LogP contribution in [0.3, 0.4) is 0 Å². The number of alkyl halides is 1. The van der Waals surface area contributed by atoms with Crippen LogP contribution in [0, 0.1) is 5.92 Å². The highest BCUT2D eigenvalue weighted by molar-refractivity contribution is 5.77. The van der Waals surface area contributed by atoms with Crippen LogP contribution in [0.5, 0.6) is 11.5 Å². The maximum Gasteiger partial charge on any atom is 0.346 e. The molecule has 0 fully saturated rings. The van der Waals surface area contributed by atoms with Gasteiger partial charge in [0.15, 0.2) is 6.17 Å². The Balaban J connectivity index is 2.02. The lowest BCUT2D eigenvalue weighted by molar-refractivity contribution is -0.141. The predicted octanol–water partition coefficient (Wildman–Crippen LogP) is 5.04. The van der Waals surface area contributed by atoms with E-state index in [0.29, 0.717) is 12.4 Å². The normalized spacial score (nSPS) is 12.0. The lowest BCUT2D eigenvalue weighted by atomic mass is 10.1. The van der Waals surface area contributed by atoms with E-state index in [4.69, 9.17) is 9.47 Å². The van der Waals surface area contributed by atoms with Gasteiger partial charge in [0.05, 0.1) is 6.61 Å². The Bertz CT molecular complexity index is 648. The molecule has 1 unspecified atom stereocenters. The number of halogens is 1. The third kappa shape index (κ3) is 4.82. The van der Waals surface area contributed by atoms with E-state index in [9.17, 15) is 9.18 Å². The van der Waals surface area contributed by atoms with Gasteiger partial charge in [0.2, 0.25) is 0 Å². The van der Waals surface area contributed by atoms with E-state index in [2.05, 4.69) is 6.92 Å². The average Bonchev–Trinajstić information content (AvgIpc) is 2.60. The van der Waals surface area contributed by atoms with Gasteiger partial charge in [-0.15, -0.1) is 0 Å². The number of ether oxygens (including phenoxy) is 2. The summed E-state index contributed by atoms with van der Waals surface area (Å²) in [5, 5.41) is 0. The van der Waals surface area contributed by atoms with Crippen molar-refractivity contribution in [2.24, 2.45) is 5.92 Å². The molecule has 0 radical (unpaired) electrons. The molecule has 2 aromatic carbocycles. The monoisotopic (exact) mass is 330 g/mol. The topological polar surface area (TPSA) is 35.5 Å². The highest BCUT2D eigenvalue weighted by Gasteiger charge is 2.23. The van der Waals surface area contributed by atoms with Crippen LogP contribution in [0.2, 0.25) is 0 Å². The first-order valence-corrected chi connectivity index (χ1v) is 8.20. The summed E-state index contributed by atoms with van der Waals surface area (Å²) in [6.45, 7) is 6.05.